The summed E-state index contributed by atoms with van der Waals surface area (Å²) >= 11 is 0. The predicted molar refractivity (Wildman–Crippen MR) is 75.4 cm³/mol. The number of carbonyl (C=O) groups is 1. The van der Waals surface area contributed by atoms with Crippen molar-refractivity contribution in [2.24, 2.45) is 0 Å². The molecule has 0 bridgehead atoms. The minimum atomic E-state index is -0.257. The molecule has 1 saturated heterocycles. The van der Waals surface area contributed by atoms with Crippen molar-refractivity contribution in [3.8, 4) is 5.75 Å². The zero-order valence-electron chi connectivity index (χ0n) is 12.1. The number of halogens is 1. The smallest absolute Gasteiger partial charge is 0.239 e. The highest BCUT2D eigenvalue weighted by atomic mass is 19.1. The molecule has 0 radical (unpaired) electrons. The number of benzene rings is 1. The van der Waals surface area contributed by atoms with Crippen molar-refractivity contribution in [2.75, 3.05) is 27.7 Å². The van der Waals surface area contributed by atoms with E-state index in [1.165, 1.54) is 13.2 Å². The molecule has 1 amide bonds. The third kappa shape index (κ3) is 3.10. The molecule has 5 heteroatoms. The SMILES string of the molecule is COc1ccc(C2CCNC(C(=O)N(C)C)C2)c(F)c1. The lowest BCUT2D eigenvalue weighted by atomic mass is 9.85. The Hall–Kier alpha value is -1.62. The number of nitrogens with zero attached hydrogens (tertiary/aromatic N) is 1. The fraction of sp³-hybridized carbons (Fsp3) is 0.533. The summed E-state index contributed by atoms with van der Waals surface area (Å²) in [6.07, 6.45) is 1.46. The maximum atomic E-state index is 14.1. The van der Waals surface area contributed by atoms with Gasteiger partial charge in [0.1, 0.15) is 11.6 Å². The van der Waals surface area contributed by atoms with Gasteiger partial charge in [0, 0.05) is 20.2 Å². The first-order valence-corrected chi connectivity index (χ1v) is 6.81. The maximum absolute atomic E-state index is 14.1. The van der Waals surface area contributed by atoms with Gasteiger partial charge in [-0.2, -0.15) is 0 Å². The molecular formula is C15H21FN2O2. The third-order valence-corrected chi connectivity index (χ3v) is 3.79. The summed E-state index contributed by atoms with van der Waals surface area (Å²) in [6, 6.07) is 4.70. The molecule has 1 aliphatic rings. The van der Waals surface area contributed by atoms with Crippen molar-refractivity contribution < 1.29 is 13.9 Å². The number of amides is 1. The lowest BCUT2D eigenvalue weighted by molar-refractivity contribution is -0.131. The van der Waals surface area contributed by atoms with Gasteiger partial charge in [0.15, 0.2) is 0 Å². The number of hydrogen-bond donors (Lipinski definition) is 1. The quantitative estimate of drug-likeness (QED) is 0.917. The topological polar surface area (TPSA) is 41.6 Å². The van der Waals surface area contributed by atoms with E-state index in [0.29, 0.717) is 17.7 Å². The van der Waals surface area contributed by atoms with E-state index in [1.54, 1.807) is 31.1 Å². The number of piperidine rings is 1. The second-order valence-electron chi connectivity index (χ2n) is 5.35. The molecule has 4 nitrogen and oxygen atoms in total. The van der Waals surface area contributed by atoms with E-state index in [9.17, 15) is 9.18 Å². The summed E-state index contributed by atoms with van der Waals surface area (Å²) < 4.78 is 19.1. The Balaban J connectivity index is 2.14. The highest BCUT2D eigenvalue weighted by molar-refractivity contribution is 5.81. The van der Waals surface area contributed by atoms with Crippen LogP contribution in [0, 0.1) is 5.82 Å². The Morgan fingerprint density at radius 2 is 2.20 bits per heavy atom. The van der Waals surface area contributed by atoms with E-state index in [0.717, 1.165) is 13.0 Å². The second kappa shape index (κ2) is 6.22. The van der Waals surface area contributed by atoms with E-state index in [1.807, 2.05) is 0 Å². The summed E-state index contributed by atoms with van der Waals surface area (Å²) in [5.41, 5.74) is 0.670. The third-order valence-electron chi connectivity index (χ3n) is 3.79. The molecule has 2 rings (SSSR count). The Morgan fingerprint density at radius 1 is 1.45 bits per heavy atom. The number of likely N-dealkylation sites (N-methyl/N-ethyl adjacent to an activating group) is 1. The van der Waals surface area contributed by atoms with Gasteiger partial charge in [-0.05, 0) is 36.9 Å². The molecular weight excluding hydrogens is 259 g/mol. The van der Waals surface area contributed by atoms with Crippen molar-refractivity contribution in [3.63, 3.8) is 0 Å². The molecule has 0 spiro atoms. The number of methoxy groups -OCH3 is 1. The predicted octanol–water partition coefficient (Wildman–Crippen LogP) is 1.76. The zero-order chi connectivity index (χ0) is 14.7. The van der Waals surface area contributed by atoms with E-state index >= 15 is 0 Å². The van der Waals surface area contributed by atoms with Crippen LogP contribution in [0.4, 0.5) is 4.39 Å². The molecule has 1 aliphatic heterocycles. The summed E-state index contributed by atoms with van der Waals surface area (Å²) in [6.45, 7) is 0.723. The van der Waals surface area contributed by atoms with Gasteiger partial charge >= 0.3 is 0 Å². The molecule has 1 N–H and O–H groups in total. The van der Waals surface area contributed by atoms with Crippen LogP contribution in [-0.4, -0.2) is 44.6 Å². The van der Waals surface area contributed by atoms with E-state index in [-0.39, 0.29) is 23.7 Å². The lowest BCUT2D eigenvalue weighted by Gasteiger charge is -2.31. The normalized spacial score (nSPS) is 22.4. The molecule has 2 unspecified atom stereocenters. The monoisotopic (exact) mass is 280 g/mol. The van der Waals surface area contributed by atoms with Crippen molar-refractivity contribution in [1.29, 1.82) is 0 Å². The number of ether oxygens (including phenoxy) is 1. The summed E-state index contributed by atoms with van der Waals surface area (Å²) in [5, 5.41) is 3.20. The van der Waals surface area contributed by atoms with Crippen LogP contribution >= 0.6 is 0 Å². The van der Waals surface area contributed by atoms with Crippen molar-refractivity contribution in [2.45, 2.75) is 24.8 Å². The first-order valence-electron chi connectivity index (χ1n) is 6.81. The first-order chi connectivity index (χ1) is 9.52. The van der Waals surface area contributed by atoms with Gasteiger partial charge in [-0.15, -0.1) is 0 Å². The van der Waals surface area contributed by atoms with Crippen LogP contribution in [0.25, 0.3) is 0 Å². The fourth-order valence-electron chi connectivity index (χ4n) is 2.67. The zero-order valence-corrected chi connectivity index (χ0v) is 12.1. The summed E-state index contributed by atoms with van der Waals surface area (Å²) in [4.78, 5) is 13.6. The van der Waals surface area contributed by atoms with Crippen LogP contribution in [0.3, 0.4) is 0 Å². The summed E-state index contributed by atoms with van der Waals surface area (Å²) in [7, 11) is 4.99. The fourth-order valence-corrected chi connectivity index (χ4v) is 2.67. The molecule has 110 valence electrons. The molecule has 1 aromatic rings. The van der Waals surface area contributed by atoms with Crippen molar-refractivity contribution in [1.82, 2.24) is 10.2 Å². The van der Waals surface area contributed by atoms with Crippen LogP contribution < -0.4 is 10.1 Å². The minimum absolute atomic E-state index is 0.0450. The van der Waals surface area contributed by atoms with Gasteiger partial charge in [0.2, 0.25) is 5.91 Å². The Bertz CT molecular complexity index is 491. The highest BCUT2D eigenvalue weighted by Gasteiger charge is 2.29. The van der Waals surface area contributed by atoms with Crippen LogP contribution in [0.5, 0.6) is 5.75 Å². The Labute approximate surface area is 118 Å². The number of carbonyl (C=O) groups excluding carboxylic acids is 1. The highest BCUT2D eigenvalue weighted by Crippen LogP contribution is 2.31. The number of rotatable bonds is 3. The molecule has 0 aromatic heterocycles. The average molecular weight is 280 g/mol. The molecule has 1 aromatic carbocycles. The van der Waals surface area contributed by atoms with E-state index in [2.05, 4.69) is 5.32 Å². The Morgan fingerprint density at radius 3 is 2.80 bits per heavy atom. The summed E-state index contributed by atoms with van der Waals surface area (Å²) in [5.74, 6) is 0.369. The molecule has 20 heavy (non-hydrogen) atoms. The van der Waals surface area contributed by atoms with Crippen LogP contribution in [-0.2, 0) is 4.79 Å². The van der Waals surface area contributed by atoms with Crippen molar-refractivity contribution >= 4 is 5.91 Å². The molecule has 1 heterocycles. The maximum Gasteiger partial charge on any atom is 0.239 e. The van der Waals surface area contributed by atoms with Gasteiger partial charge < -0.3 is 15.0 Å². The minimum Gasteiger partial charge on any atom is -0.497 e. The average Bonchev–Trinajstić information content (AvgIpc) is 2.46. The van der Waals surface area contributed by atoms with Gasteiger partial charge in [-0.1, -0.05) is 6.07 Å². The Kier molecular flexibility index (Phi) is 4.60. The second-order valence-corrected chi connectivity index (χ2v) is 5.35. The molecule has 0 saturated carbocycles. The largest absolute Gasteiger partial charge is 0.497 e. The number of hydrogen-bond acceptors (Lipinski definition) is 3. The molecule has 1 fully saturated rings. The number of nitrogens with one attached hydrogen (secondary N) is 1. The van der Waals surface area contributed by atoms with E-state index < -0.39 is 0 Å². The lowest BCUT2D eigenvalue weighted by Crippen LogP contribution is -2.47. The van der Waals surface area contributed by atoms with Crippen LogP contribution in [0.1, 0.15) is 24.3 Å². The van der Waals surface area contributed by atoms with E-state index in [4.69, 9.17) is 4.74 Å². The standard InChI is InChI=1S/C15H21FN2O2/c1-18(2)15(19)14-8-10(6-7-17-14)12-5-4-11(20-3)9-13(12)16/h4-5,9-10,14,17H,6-8H2,1-3H3. The van der Waals surface area contributed by atoms with Crippen LogP contribution in [0.15, 0.2) is 18.2 Å². The van der Waals surface area contributed by atoms with Crippen molar-refractivity contribution in [3.05, 3.63) is 29.6 Å². The van der Waals surface area contributed by atoms with Gasteiger partial charge in [-0.3, -0.25) is 4.79 Å². The van der Waals surface area contributed by atoms with Gasteiger partial charge in [0.05, 0.1) is 13.2 Å². The molecule has 0 aliphatic carbocycles. The molecule has 2 atom stereocenters. The van der Waals surface area contributed by atoms with Crippen LogP contribution in [0.2, 0.25) is 0 Å². The van der Waals surface area contributed by atoms with Gasteiger partial charge in [0.25, 0.3) is 0 Å². The first kappa shape index (κ1) is 14.8. The van der Waals surface area contributed by atoms with Gasteiger partial charge in [-0.25, -0.2) is 4.39 Å².